The molecule has 35 heavy (non-hydrogen) atoms. The highest BCUT2D eigenvalue weighted by atomic mass is 16.5. The molecule has 4 N–H and O–H groups in total. The Morgan fingerprint density at radius 1 is 1.11 bits per heavy atom. The van der Waals surface area contributed by atoms with Crippen molar-refractivity contribution >= 4 is 23.0 Å². The number of nitrogens with zero attached hydrogens (tertiary/aromatic N) is 1. The maximum atomic E-state index is 13.5. The highest BCUT2D eigenvalue weighted by Gasteiger charge is 2.32. The van der Waals surface area contributed by atoms with Crippen LogP contribution in [0.15, 0.2) is 42.0 Å². The predicted molar refractivity (Wildman–Crippen MR) is 140 cm³/mol. The zero-order valence-electron chi connectivity index (χ0n) is 21.4. The standard InChI is InChI=1S/C28H38N2O5/c1-18(2)9-6-10-19(3)11-8-14-28(4,5)35-17-30-22-15-20(31)16-24(33)26(22)29-25-21(27(30)34)12-7-13-23(25)32/h7,9,12-13,15-16,19,29,31-33H,6,8,10-11,14,17H2,1-5H3. The van der Waals surface area contributed by atoms with Crippen molar-refractivity contribution in [3.8, 4) is 17.2 Å². The number of nitrogens with one attached hydrogen (secondary N) is 1. The number of carbonyl (C=O) groups is 1. The smallest absolute Gasteiger partial charge is 0.262 e. The van der Waals surface area contributed by atoms with Crippen LogP contribution in [0.2, 0.25) is 0 Å². The number of hydrogen-bond acceptors (Lipinski definition) is 6. The van der Waals surface area contributed by atoms with Crippen molar-refractivity contribution in [3.05, 3.63) is 47.5 Å². The zero-order valence-corrected chi connectivity index (χ0v) is 21.4. The number of para-hydroxylation sites is 1. The molecule has 0 radical (unpaired) electrons. The molecule has 1 atom stereocenters. The quantitative estimate of drug-likeness (QED) is 0.168. The fraction of sp³-hybridized carbons (Fsp3) is 0.464. The third-order valence-corrected chi connectivity index (χ3v) is 6.41. The Morgan fingerprint density at radius 2 is 1.86 bits per heavy atom. The molecule has 190 valence electrons. The highest BCUT2D eigenvalue weighted by Crippen LogP contribution is 2.45. The van der Waals surface area contributed by atoms with Crippen LogP contribution in [0.25, 0.3) is 0 Å². The number of anilines is 3. The normalized spacial score (nSPS) is 14.0. The van der Waals surface area contributed by atoms with Gasteiger partial charge in [0.15, 0.2) is 0 Å². The van der Waals surface area contributed by atoms with E-state index < -0.39 is 11.5 Å². The lowest BCUT2D eigenvalue weighted by molar-refractivity contribution is -0.0236. The summed E-state index contributed by atoms with van der Waals surface area (Å²) in [5.41, 5.74) is 1.79. The summed E-state index contributed by atoms with van der Waals surface area (Å²) in [6, 6.07) is 7.23. The molecule has 1 aliphatic rings. The molecule has 0 fully saturated rings. The number of benzene rings is 2. The summed E-state index contributed by atoms with van der Waals surface area (Å²) in [5, 5.41) is 33.9. The molecule has 0 bridgehead atoms. The van der Waals surface area contributed by atoms with Crippen molar-refractivity contribution in [1.29, 1.82) is 0 Å². The lowest BCUT2D eigenvalue weighted by atomic mass is 9.94. The minimum absolute atomic E-state index is 0.0748. The molecule has 2 aromatic carbocycles. The molecule has 0 saturated carbocycles. The van der Waals surface area contributed by atoms with E-state index >= 15 is 0 Å². The highest BCUT2D eigenvalue weighted by molar-refractivity contribution is 6.15. The van der Waals surface area contributed by atoms with Crippen molar-refractivity contribution in [2.75, 3.05) is 16.9 Å². The third kappa shape index (κ3) is 6.69. The molecule has 1 amide bonds. The number of ether oxygens (including phenoxy) is 1. The molecule has 1 unspecified atom stereocenters. The van der Waals surface area contributed by atoms with Gasteiger partial charge in [-0.25, -0.2) is 0 Å². The van der Waals surface area contributed by atoms with Gasteiger partial charge in [-0.2, -0.15) is 0 Å². The van der Waals surface area contributed by atoms with Crippen LogP contribution in [-0.4, -0.2) is 33.6 Å². The summed E-state index contributed by atoms with van der Waals surface area (Å²) < 4.78 is 6.21. The van der Waals surface area contributed by atoms with Crippen LogP contribution < -0.4 is 10.2 Å². The van der Waals surface area contributed by atoms with Gasteiger partial charge in [-0.05, 0) is 65.0 Å². The third-order valence-electron chi connectivity index (χ3n) is 6.41. The average molecular weight is 483 g/mol. The summed E-state index contributed by atoms with van der Waals surface area (Å²) in [5.74, 6) is -0.318. The van der Waals surface area contributed by atoms with E-state index in [2.05, 4.69) is 32.2 Å². The van der Waals surface area contributed by atoms with Crippen molar-refractivity contribution in [3.63, 3.8) is 0 Å². The van der Waals surface area contributed by atoms with Crippen LogP contribution in [0.4, 0.5) is 17.1 Å². The SMILES string of the molecule is CC(C)=CCCC(C)CCCC(C)(C)OCN1C(=O)c2cccc(O)c2Nc2c(O)cc(O)cc21. The minimum atomic E-state index is -0.486. The van der Waals surface area contributed by atoms with E-state index in [0.717, 1.165) is 32.1 Å². The van der Waals surface area contributed by atoms with Crippen molar-refractivity contribution < 1.29 is 24.9 Å². The number of rotatable bonds is 10. The number of phenols is 3. The molecule has 0 aromatic heterocycles. The number of hydrogen-bond donors (Lipinski definition) is 4. The largest absolute Gasteiger partial charge is 0.508 e. The number of amides is 1. The lowest BCUT2D eigenvalue weighted by Gasteiger charge is -2.31. The van der Waals surface area contributed by atoms with E-state index in [9.17, 15) is 20.1 Å². The molecule has 7 heteroatoms. The molecule has 2 aromatic rings. The molecule has 0 saturated heterocycles. The first-order chi connectivity index (χ1) is 16.5. The Kier molecular flexibility index (Phi) is 8.33. The van der Waals surface area contributed by atoms with Gasteiger partial charge in [0.2, 0.25) is 0 Å². The molecule has 1 heterocycles. The Balaban J connectivity index is 1.73. The zero-order chi connectivity index (χ0) is 25.8. The maximum absolute atomic E-state index is 13.5. The Bertz CT molecular complexity index is 1090. The van der Waals surface area contributed by atoms with Gasteiger partial charge in [0.05, 0.1) is 22.5 Å². The molecular formula is C28H38N2O5. The van der Waals surface area contributed by atoms with Gasteiger partial charge in [0.25, 0.3) is 5.91 Å². The number of fused-ring (bicyclic) bond motifs is 2. The van der Waals surface area contributed by atoms with E-state index in [1.165, 1.54) is 28.7 Å². The van der Waals surface area contributed by atoms with E-state index in [-0.39, 0.29) is 46.6 Å². The molecule has 3 rings (SSSR count). The Labute approximate surface area is 208 Å². The second kappa shape index (κ2) is 11.0. The van der Waals surface area contributed by atoms with E-state index in [1.54, 1.807) is 12.1 Å². The monoisotopic (exact) mass is 482 g/mol. The van der Waals surface area contributed by atoms with Crippen LogP contribution in [0, 0.1) is 5.92 Å². The number of allylic oxidation sites excluding steroid dienone is 2. The summed E-state index contributed by atoms with van der Waals surface area (Å²) in [4.78, 5) is 14.8. The van der Waals surface area contributed by atoms with Crippen LogP contribution in [0.3, 0.4) is 0 Å². The second-order valence-electron chi connectivity index (χ2n) is 10.3. The summed E-state index contributed by atoms with van der Waals surface area (Å²) in [6.45, 7) is 10.5. The predicted octanol–water partition coefficient (Wildman–Crippen LogP) is 6.81. The maximum Gasteiger partial charge on any atom is 0.262 e. The Hall–Kier alpha value is -3.19. The first-order valence-corrected chi connectivity index (χ1v) is 12.2. The van der Waals surface area contributed by atoms with Gasteiger partial charge in [-0.1, -0.05) is 37.5 Å². The summed E-state index contributed by atoms with van der Waals surface area (Å²) >= 11 is 0. The van der Waals surface area contributed by atoms with Gasteiger partial charge >= 0.3 is 0 Å². The van der Waals surface area contributed by atoms with Crippen molar-refractivity contribution in [2.24, 2.45) is 5.92 Å². The lowest BCUT2D eigenvalue weighted by Crippen LogP contribution is -2.37. The van der Waals surface area contributed by atoms with Gasteiger partial charge in [-0.15, -0.1) is 0 Å². The molecule has 7 nitrogen and oxygen atoms in total. The van der Waals surface area contributed by atoms with Crippen LogP contribution in [0.5, 0.6) is 17.2 Å². The first kappa shape index (κ1) is 26.4. The molecular weight excluding hydrogens is 444 g/mol. The van der Waals surface area contributed by atoms with Crippen molar-refractivity contribution in [2.45, 2.75) is 72.3 Å². The van der Waals surface area contributed by atoms with Gasteiger partial charge in [0.1, 0.15) is 29.7 Å². The molecule has 1 aliphatic heterocycles. The van der Waals surface area contributed by atoms with Crippen molar-refractivity contribution in [1.82, 2.24) is 0 Å². The fourth-order valence-electron chi connectivity index (χ4n) is 4.28. The molecule has 0 spiro atoms. The minimum Gasteiger partial charge on any atom is -0.508 e. The topological polar surface area (TPSA) is 102 Å². The van der Waals surface area contributed by atoms with Crippen LogP contribution in [0.1, 0.15) is 77.1 Å². The van der Waals surface area contributed by atoms with E-state index in [0.29, 0.717) is 5.92 Å². The van der Waals surface area contributed by atoms with Crippen LogP contribution >= 0.6 is 0 Å². The number of carbonyl (C=O) groups excluding carboxylic acids is 1. The first-order valence-electron chi connectivity index (χ1n) is 12.2. The van der Waals surface area contributed by atoms with Gasteiger partial charge < -0.3 is 25.4 Å². The van der Waals surface area contributed by atoms with Gasteiger partial charge in [0, 0.05) is 12.1 Å². The fourth-order valence-corrected chi connectivity index (χ4v) is 4.28. The average Bonchev–Trinajstić information content (AvgIpc) is 2.87. The van der Waals surface area contributed by atoms with Gasteiger partial charge in [-0.3, -0.25) is 9.69 Å². The number of phenolic OH excluding ortho intramolecular Hbond substituents is 3. The van der Waals surface area contributed by atoms with E-state index in [4.69, 9.17) is 4.74 Å². The summed E-state index contributed by atoms with van der Waals surface area (Å²) in [6.07, 6.45) is 7.49. The Morgan fingerprint density at radius 3 is 2.57 bits per heavy atom. The van der Waals surface area contributed by atoms with Crippen LogP contribution in [-0.2, 0) is 4.74 Å². The van der Waals surface area contributed by atoms with E-state index in [1.807, 2.05) is 13.8 Å². The number of aromatic hydroxyl groups is 3. The summed E-state index contributed by atoms with van der Waals surface area (Å²) in [7, 11) is 0. The molecule has 0 aliphatic carbocycles. The second-order valence-corrected chi connectivity index (χ2v) is 10.3.